The maximum Gasteiger partial charge on any atom is 0.150 e. The van der Waals surface area contributed by atoms with E-state index in [1.165, 1.54) is 24.3 Å². The molecule has 0 aliphatic rings. The molecule has 0 radical (unpaired) electrons. The molecule has 2 aromatic carbocycles. The molecule has 0 unspecified atom stereocenters. The zero-order valence-electron chi connectivity index (χ0n) is 10.2. The van der Waals surface area contributed by atoms with E-state index in [4.69, 9.17) is 20.4 Å². The molecule has 0 aliphatic heterocycles. The van der Waals surface area contributed by atoms with Crippen LogP contribution in [0.1, 0.15) is 20.7 Å². The van der Waals surface area contributed by atoms with Gasteiger partial charge < -0.3 is 20.4 Å². The fraction of sp³-hybridized carbons (Fsp3) is 0. The average molecular weight is 276 g/mol. The van der Waals surface area contributed by atoms with Crippen LogP contribution in [0.2, 0.25) is 0 Å². The van der Waals surface area contributed by atoms with Crippen LogP contribution in [0.4, 0.5) is 0 Å². The molecule has 20 heavy (non-hydrogen) atoms. The Kier molecular flexibility index (Phi) is 5.11. The summed E-state index contributed by atoms with van der Waals surface area (Å²) in [5, 5.41) is 35.2. The maximum absolute atomic E-state index is 10.1. The summed E-state index contributed by atoms with van der Waals surface area (Å²) in [6.45, 7) is 0. The lowest BCUT2D eigenvalue weighted by Gasteiger charge is -1.94. The second-order valence-corrected chi connectivity index (χ2v) is 3.80. The predicted molar refractivity (Wildman–Crippen MR) is 70.3 cm³/mol. The molecule has 6 nitrogen and oxygen atoms in total. The SMILES string of the molecule is O=Cc1cc(O)cc(O)c1.O=Cc1cc(O)cc(O)c1. The van der Waals surface area contributed by atoms with Crippen molar-refractivity contribution in [2.75, 3.05) is 0 Å². The largest absolute Gasteiger partial charge is 0.508 e. The fourth-order valence-electron chi connectivity index (χ4n) is 1.37. The number of carbonyl (C=O) groups excluding carboxylic acids is 2. The first-order valence-electron chi connectivity index (χ1n) is 5.41. The number of hydrogen-bond acceptors (Lipinski definition) is 6. The zero-order chi connectivity index (χ0) is 15.1. The van der Waals surface area contributed by atoms with Crippen LogP contribution in [0.5, 0.6) is 23.0 Å². The summed E-state index contributed by atoms with van der Waals surface area (Å²) >= 11 is 0. The monoisotopic (exact) mass is 276 g/mol. The van der Waals surface area contributed by atoms with E-state index in [9.17, 15) is 9.59 Å². The van der Waals surface area contributed by atoms with E-state index < -0.39 is 0 Å². The lowest BCUT2D eigenvalue weighted by Crippen LogP contribution is -1.77. The van der Waals surface area contributed by atoms with Gasteiger partial charge in [0.15, 0.2) is 0 Å². The molecule has 0 fully saturated rings. The summed E-state index contributed by atoms with van der Waals surface area (Å²) in [6.07, 6.45) is 1.11. The van der Waals surface area contributed by atoms with Crippen LogP contribution in [0.15, 0.2) is 36.4 Å². The van der Waals surface area contributed by atoms with Gasteiger partial charge >= 0.3 is 0 Å². The third-order valence-corrected chi connectivity index (χ3v) is 2.12. The molecule has 0 aliphatic carbocycles. The fourth-order valence-corrected chi connectivity index (χ4v) is 1.37. The number of phenolic OH excluding ortho intramolecular Hbond substituents is 4. The highest BCUT2D eigenvalue weighted by Crippen LogP contribution is 2.19. The van der Waals surface area contributed by atoms with Gasteiger partial charge in [0.2, 0.25) is 0 Å². The highest BCUT2D eigenvalue weighted by molar-refractivity contribution is 5.76. The molecule has 4 N–H and O–H groups in total. The van der Waals surface area contributed by atoms with E-state index in [0.29, 0.717) is 12.6 Å². The highest BCUT2D eigenvalue weighted by atomic mass is 16.3. The Bertz CT molecular complexity index is 525. The van der Waals surface area contributed by atoms with Gasteiger partial charge in [-0.05, 0) is 24.3 Å². The summed E-state index contributed by atoms with van der Waals surface area (Å²) in [4.78, 5) is 20.2. The van der Waals surface area contributed by atoms with Crippen LogP contribution in [0.25, 0.3) is 0 Å². The van der Waals surface area contributed by atoms with Crippen molar-refractivity contribution < 1.29 is 30.0 Å². The number of carbonyl (C=O) groups is 2. The molecule has 6 heteroatoms. The lowest BCUT2D eigenvalue weighted by atomic mass is 10.2. The average Bonchev–Trinajstić information content (AvgIpc) is 2.37. The Labute approximate surface area is 114 Å². The molecule has 104 valence electrons. The normalized spacial score (nSPS) is 9.20. The topological polar surface area (TPSA) is 115 Å². The van der Waals surface area contributed by atoms with Gasteiger partial charge in [-0.3, -0.25) is 9.59 Å². The van der Waals surface area contributed by atoms with Crippen molar-refractivity contribution in [1.82, 2.24) is 0 Å². The molecule has 0 heterocycles. The second kappa shape index (κ2) is 6.79. The minimum atomic E-state index is -0.109. The first kappa shape index (κ1) is 15.0. The number of benzene rings is 2. The Morgan fingerprint density at radius 3 is 1.00 bits per heavy atom. The van der Waals surface area contributed by atoms with Gasteiger partial charge in [-0.25, -0.2) is 0 Å². The van der Waals surface area contributed by atoms with Gasteiger partial charge in [0.05, 0.1) is 0 Å². The summed E-state index contributed by atoms with van der Waals surface area (Å²) in [7, 11) is 0. The quantitative estimate of drug-likeness (QED) is 0.622. The van der Waals surface area contributed by atoms with Crippen LogP contribution < -0.4 is 0 Å². The summed E-state index contributed by atoms with van der Waals surface area (Å²) in [5.41, 5.74) is 0.523. The van der Waals surface area contributed by atoms with Gasteiger partial charge in [0.1, 0.15) is 35.6 Å². The standard InChI is InChI=1S/2C7H6O3/c2*8-4-5-1-6(9)3-7(10)2-5/h2*1-4,9-10H. The van der Waals surface area contributed by atoms with Gasteiger partial charge in [-0.15, -0.1) is 0 Å². The molecule has 0 saturated carbocycles. The molecule has 0 amide bonds. The van der Waals surface area contributed by atoms with Crippen molar-refractivity contribution in [1.29, 1.82) is 0 Å². The van der Waals surface area contributed by atoms with Crippen LogP contribution in [-0.4, -0.2) is 33.0 Å². The molecule has 0 bridgehead atoms. The lowest BCUT2D eigenvalue weighted by molar-refractivity contribution is 0.111. The molecule has 2 rings (SSSR count). The summed E-state index contributed by atoms with van der Waals surface area (Å²) in [5.74, 6) is -0.437. The molecular weight excluding hydrogens is 264 g/mol. The zero-order valence-corrected chi connectivity index (χ0v) is 10.2. The molecule has 2 aromatic rings. The van der Waals surface area contributed by atoms with Crippen molar-refractivity contribution >= 4 is 12.6 Å². The predicted octanol–water partition coefficient (Wildman–Crippen LogP) is 1.82. The van der Waals surface area contributed by atoms with Crippen molar-refractivity contribution in [3.05, 3.63) is 47.5 Å². The summed E-state index contributed by atoms with van der Waals surface area (Å²) in [6, 6.07) is 7.40. The first-order chi connectivity index (χ1) is 9.44. The number of hydrogen-bond donors (Lipinski definition) is 4. The molecule has 0 atom stereocenters. The molecule has 0 aromatic heterocycles. The Hall–Kier alpha value is -3.02. The summed E-state index contributed by atoms with van der Waals surface area (Å²) < 4.78 is 0. The maximum atomic E-state index is 10.1. The van der Waals surface area contributed by atoms with Crippen LogP contribution in [0.3, 0.4) is 0 Å². The minimum absolute atomic E-state index is 0.109. The van der Waals surface area contributed by atoms with Gasteiger partial charge in [0.25, 0.3) is 0 Å². The van der Waals surface area contributed by atoms with Crippen LogP contribution in [-0.2, 0) is 0 Å². The molecular formula is C14H12O6. The number of aromatic hydroxyl groups is 4. The van der Waals surface area contributed by atoms with Crippen LogP contribution in [0, 0.1) is 0 Å². The van der Waals surface area contributed by atoms with Gasteiger partial charge in [-0.1, -0.05) is 0 Å². The second-order valence-electron chi connectivity index (χ2n) is 3.80. The minimum Gasteiger partial charge on any atom is -0.508 e. The highest BCUT2D eigenvalue weighted by Gasteiger charge is 1.96. The van der Waals surface area contributed by atoms with Gasteiger partial charge in [-0.2, -0.15) is 0 Å². The van der Waals surface area contributed by atoms with Crippen molar-refractivity contribution in [2.45, 2.75) is 0 Å². The Balaban J connectivity index is 0.000000200. The van der Waals surface area contributed by atoms with Crippen molar-refractivity contribution in [3.8, 4) is 23.0 Å². The first-order valence-corrected chi connectivity index (χ1v) is 5.41. The number of phenols is 4. The third-order valence-electron chi connectivity index (χ3n) is 2.12. The molecule has 0 saturated heterocycles. The smallest absolute Gasteiger partial charge is 0.150 e. The third kappa shape index (κ3) is 4.69. The molecule has 0 spiro atoms. The van der Waals surface area contributed by atoms with E-state index in [1.54, 1.807) is 0 Å². The van der Waals surface area contributed by atoms with Crippen molar-refractivity contribution in [2.24, 2.45) is 0 Å². The van der Waals surface area contributed by atoms with Crippen molar-refractivity contribution in [3.63, 3.8) is 0 Å². The Morgan fingerprint density at radius 1 is 0.550 bits per heavy atom. The van der Waals surface area contributed by atoms with E-state index in [2.05, 4.69) is 0 Å². The van der Waals surface area contributed by atoms with E-state index in [1.807, 2.05) is 0 Å². The number of aldehydes is 2. The number of rotatable bonds is 2. The van der Waals surface area contributed by atoms with E-state index >= 15 is 0 Å². The van der Waals surface area contributed by atoms with E-state index in [0.717, 1.165) is 12.1 Å². The Morgan fingerprint density at radius 2 is 0.800 bits per heavy atom. The van der Waals surface area contributed by atoms with Gasteiger partial charge in [0, 0.05) is 23.3 Å². The van der Waals surface area contributed by atoms with Crippen LogP contribution >= 0.6 is 0 Å². The van der Waals surface area contributed by atoms with E-state index in [-0.39, 0.29) is 34.1 Å².